The van der Waals surface area contributed by atoms with Crippen LogP contribution in [-0.4, -0.2) is 20.0 Å². The van der Waals surface area contributed by atoms with Gasteiger partial charge in [-0.05, 0) is 37.1 Å². The summed E-state index contributed by atoms with van der Waals surface area (Å²) in [5, 5.41) is 0.343. The maximum atomic E-state index is 12.6. The van der Waals surface area contributed by atoms with Crippen LogP contribution in [0.3, 0.4) is 0 Å². The first kappa shape index (κ1) is 15.4. The Morgan fingerprint density at radius 2 is 1.57 bits per heavy atom. The van der Waals surface area contributed by atoms with Crippen LogP contribution in [-0.2, 0) is 0 Å². The van der Waals surface area contributed by atoms with E-state index in [0.29, 0.717) is 27.6 Å². The van der Waals surface area contributed by atoms with Crippen molar-refractivity contribution >= 4 is 17.4 Å². The van der Waals surface area contributed by atoms with Gasteiger partial charge in [0.05, 0.1) is 19.2 Å². The highest BCUT2D eigenvalue weighted by molar-refractivity contribution is 6.35. The maximum Gasteiger partial charge on any atom is 0.194 e. The van der Waals surface area contributed by atoms with Crippen LogP contribution in [0.25, 0.3) is 0 Å². The summed E-state index contributed by atoms with van der Waals surface area (Å²) in [5.74, 6) is 0.845. The standard InChI is InChI=1S/C17H17ClO3/c1-10-5-6-12(7-11(10)2)17(19)13-8-15(20-3)16(21-4)9-14(13)18/h5-9H,1-4H3. The van der Waals surface area contributed by atoms with Gasteiger partial charge in [-0.3, -0.25) is 4.79 Å². The van der Waals surface area contributed by atoms with Crippen LogP contribution in [0, 0.1) is 13.8 Å². The van der Waals surface area contributed by atoms with Crippen molar-refractivity contribution in [2.45, 2.75) is 13.8 Å². The molecule has 0 spiro atoms. The molecule has 0 unspecified atom stereocenters. The van der Waals surface area contributed by atoms with Gasteiger partial charge in [0.2, 0.25) is 0 Å². The normalized spacial score (nSPS) is 10.3. The average molecular weight is 305 g/mol. The molecule has 0 aromatic heterocycles. The van der Waals surface area contributed by atoms with Crippen molar-refractivity contribution < 1.29 is 14.3 Å². The number of rotatable bonds is 4. The zero-order valence-corrected chi connectivity index (χ0v) is 13.2. The number of halogens is 1. The average Bonchev–Trinajstić information content (AvgIpc) is 2.49. The molecule has 0 atom stereocenters. The maximum absolute atomic E-state index is 12.6. The summed E-state index contributed by atoms with van der Waals surface area (Å²) in [6.07, 6.45) is 0. The van der Waals surface area contributed by atoms with E-state index < -0.39 is 0 Å². The first-order valence-electron chi connectivity index (χ1n) is 6.51. The molecule has 21 heavy (non-hydrogen) atoms. The summed E-state index contributed by atoms with van der Waals surface area (Å²) in [6.45, 7) is 3.98. The summed E-state index contributed by atoms with van der Waals surface area (Å²) < 4.78 is 10.4. The highest BCUT2D eigenvalue weighted by Crippen LogP contribution is 2.34. The van der Waals surface area contributed by atoms with Crippen molar-refractivity contribution in [1.29, 1.82) is 0 Å². The second-order valence-corrected chi connectivity index (χ2v) is 5.22. The molecule has 0 aliphatic carbocycles. The minimum Gasteiger partial charge on any atom is -0.493 e. The number of benzene rings is 2. The van der Waals surface area contributed by atoms with Crippen molar-refractivity contribution in [2.75, 3.05) is 14.2 Å². The van der Waals surface area contributed by atoms with Crippen molar-refractivity contribution in [1.82, 2.24) is 0 Å². The van der Waals surface area contributed by atoms with Crippen LogP contribution in [0.15, 0.2) is 30.3 Å². The molecule has 0 radical (unpaired) electrons. The SMILES string of the molecule is COc1cc(Cl)c(C(=O)c2ccc(C)c(C)c2)cc1OC. The predicted octanol–water partition coefficient (Wildman–Crippen LogP) is 4.21. The number of aryl methyl sites for hydroxylation is 2. The van der Waals surface area contributed by atoms with Gasteiger partial charge in [0.15, 0.2) is 17.3 Å². The Hall–Kier alpha value is -2.00. The molecule has 0 aliphatic heterocycles. The van der Waals surface area contributed by atoms with Crippen LogP contribution in [0.1, 0.15) is 27.0 Å². The largest absolute Gasteiger partial charge is 0.493 e. The van der Waals surface area contributed by atoms with E-state index in [1.807, 2.05) is 26.0 Å². The molecule has 3 nitrogen and oxygen atoms in total. The minimum absolute atomic E-state index is 0.135. The van der Waals surface area contributed by atoms with E-state index in [4.69, 9.17) is 21.1 Å². The molecule has 110 valence electrons. The van der Waals surface area contributed by atoms with Gasteiger partial charge in [0.25, 0.3) is 0 Å². The Labute approximate surface area is 129 Å². The predicted molar refractivity (Wildman–Crippen MR) is 83.9 cm³/mol. The smallest absolute Gasteiger partial charge is 0.194 e. The Morgan fingerprint density at radius 1 is 0.952 bits per heavy atom. The van der Waals surface area contributed by atoms with E-state index in [0.717, 1.165) is 11.1 Å². The molecule has 4 heteroatoms. The summed E-state index contributed by atoms with van der Waals surface area (Å²) in [6, 6.07) is 8.80. The molecular formula is C17H17ClO3. The quantitative estimate of drug-likeness (QED) is 0.794. The topological polar surface area (TPSA) is 35.5 Å². The van der Waals surface area contributed by atoms with Crippen molar-refractivity contribution in [3.05, 3.63) is 57.6 Å². The minimum atomic E-state index is -0.135. The lowest BCUT2D eigenvalue weighted by atomic mass is 9.99. The van der Waals surface area contributed by atoms with Crippen LogP contribution < -0.4 is 9.47 Å². The van der Waals surface area contributed by atoms with Gasteiger partial charge in [-0.1, -0.05) is 23.7 Å². The number of ether oxygens (including phenoxy) is 2. The molecule has 0 aliphatic rings. The Bertz CT molecular complexity index is 693. The number of carbonyl (C=O) groups is 1. The van der Waals surface area contributed by atoms with E-state index in [9.17, 15) is 4.79 Å². The Balaban J connectivity index is 2.50. The van der Waals surface area contributed by atoms with Gasteiger partial charge in [0.1, 0.15) is 0 Å². The van der Waals surface area contributed by atoms with Gasteiger partial charge in [-0.25, -0.2) is 0 Å². The number of carbonyl (C=O) groups excluding carboxylic acids is 1. The van der Waals surface area contributed by atoms with Crippen LogP contribution in [0.4, 0.5) is 0 Å². The first-order valence-corrected chi connectivity index (χ1v) is 6.89. The van der Waals surface area contributed by atoms with E-state index in [1.54, 1.807) is 18.2 Å². The summed E-state index contributed by atoms with van der Waals surface area (Å²) in [7, 11) is 3.05. The van der Waals surface area contributed by atoms with Crippen LogP contribution in [0.2, 0.25) is 5.02 Å². The molecule has 0 saturated heterocycles. The molecule has 0 bridgehead atoms. The summed E-state index contributed by atoms with van der Waals surface area (Å²) in [5.41, 5.74) is 3.21. The Kier molecular flexibility index (Phi) is 4.53. The van der Waals surface area contributed by atoms with Crippen LogP contribution >= 0.6 is 11.6 Å². The van der Waals surface area contributed by atoms with E-state index in [-0.39, 0.29) is 5.78 Å². The summed E-state index contributed by atoms with van der Waals surface area (Å²) in [4.78, 5) is 12.6. The fourth-order valence-corrected chi connectivity index (χ4v) is 2.31. The molecule has 2 aromatic rings. The zero-order chi connectivity index (χ0) is 15.6. The van der Waals surface area contributed by atoms with Crippen molar-refractivity contribution in [3.63, 3.8) is 0 Å². The number of ketones is 1. The first-order chi connectivity index (χ1) is 9.97. The molecule has 2 aromatic carbocycles. The Morgan fingerprint density at radius 3 is 2.14 bits per heavy atom. The third-order valence-corrected chi connectivity index (χ3v) is 3.80. The molecule has 0 saturated carbocycles. The van der Waals surface area contributed by atoms with Gasteiger partial charge in [0, 0.05) is 17.2 Å². The van der Waals surface area contributed by atoms with Crippen molar-refractivity contribution in [2.24, 2.45) is 0 Å². The fourth-order valence-electron chi connectivity index (χ4n) is 2.07. The zero-order valence-electron chi connectivity index (χ0n) is 12.5. The lowest BCUT2D eigenvalue weighted by molar-refractivity contribution is 0.103. The fraction of sp³-hybridized carbons (Fsp3) is 0.235. The molecule has 0 fully saturated rings. The molecular weight excluding hydrogens is 288 g/mol. The molecule has 0 heterocycles. The number of hydrogen-bond donors (Lipinski definition) is 0. The number of hydrogen-bond acceptors (Lipinski definition) is 3. The highest BCUT2D eigenvalue weighted by Gasteiger charge is 2.17. The molecule has 0 N–H and O–H groups in total. The molecule has 0 amide bonds. The van der Waals surface area contributed by atoms with E-state index in [1.165, 1.54) is 14.2 Å². The van der Waals surface area contributed by atoms with E-state index >= 15 is 0 Å². The number of methoxy groups -OCH3 is 2. The van der Waals surface area contributed by atoms with Gasteiger partial charge in [-0.15, -0.1) is 0 Å². The second kappa shape index (κ2) is 6.19. The van der Waals surface area contributed by atoms with Gasteiger partial charge >= 0.3 is 0 Å². The second-order valence-electron chi connectivity index (χ2n) is 4.82. The highest BCUT2D eigenvalue weighted by atomic mass is 35.5. The van der Waals surface area contributed by atoms with Gasteiger partial charge < -0.3 is 9.47 Å². The lowest BCUT2D eigenvalue weighted by Crippen LogP contribution is -2.04. The lowest BCUT2D eigenvalue weighted by Gasteiger charge is -2.11. The molecule has 2 rings (SSSR count). The van der Waals surface area contributed by atoms with Gasteiger partial charge in [-0.2, -0.15) is 0 Å². The van der Waals surface area contributed by atoms with Crippen molar-refractivity contribution in [3.8, 4) is 11.5 Å². The third-order valence-electron chi connectivity index (χ3n) is 3.49. The van der Waals surface area contributed by atoms with Crippen LogP contribution in [0.5, 0.6) is 11.5 Å². The monoisotopic (exact) mass is 304 g/mol. The third kappa shape index (κ3) is 3.03. The van der Waals surface area contributed by atoms with E-state index in [2.05, 4.69) is 0 Å². The summed E-state index contributed by atoms with van der Waals surface area (Å²) >= 11 is 6.20.